The van der Waals surface area contributed by atoms with Gasteiger partial charge in [0.15, 0.2) is 0 Å². The highest BCUT2D eigenvalue weighted by atomic mass is 16.6. The number of ether oxygens (including phenoxy) is 4. The normalized spacial score (nSPS) is 12.7. The van der Waals surface area contributed by atoms with E-state index in [-0.39, 0.29) is 30.0 Å². The minimum absolute atomic E-state index is 0.0122. The van der Waals surface area contributed by atoms with E-state index in [0.29, 0.717) is 0 Å². The maximum Gasteiger partial charge on any atom is 0.351 e. The summed E-state index contributed by atoms with van der Waals surface area (Å²) in [5.41, 5.74) is 1.62. The summed E-state index contributed by atoms with van der Waals surface area (Å²) in [5, 5.41) is 0. The van der Waals surface area contributed by atoms with Gasteiger partial charge in [0.2, 0.25) is 12.2 Å². The second-order valence-electron chi connectivity index (χ2n) is 12.6. The Balaban J connectivity index is 0. The molecule has 0 aliphatic heterocycles. The molecule has 0 spiro atoms. The molecule has 3 atom stereocenters. The number of aldehydes is 1. The third-order valence-corrected chi connectivity index (χ3v) is 6.36. The van der Waals surface area contributed by atoms with Crippen molar-refractivity contribution < 1.29 is 38.1 Å². The molecule has 0 bridgehead atoms. The fourth-order valence-electron chi connectivity index (χ4n) is 4.11. The molecule has 0 aliphatic rings. The van der Waals surface area contributed by atoms with E-state index < -0.39 is 36.0 Å². The third-order valence-electron chi connectivity index (χ3n) is 6.36. The van der Waals surface area contributed by atoms with Crippen molar-refractivity contribution in [1.29, 1.82) is 0 Å². The maximum atomic E-state index is 12.8. The van der Waals surface area contributed by atoms with E-state index >= 15 is 0 Å². The van der Waals surface area contributed by atoms with Gasteiger partial charge >= 0.3 is 17.9 Å². The van der Waals surface area contributed by atoms with Gasteiger partial charge in [-0.2, -0.15) is 0 Å². The van der Waals surface area contributed by atoms with Crippen molar-refractivity contribution in [2.75, 3.05) is 7.11 Å². The molecule has 8 heteroatoms. The van der Waals surface area contributed by atoms with Crippen LogP contribution in [-0.2, 0) is 51.3 Å². The van der Waals surface area contributed by atoms with Crippen LogP contribution in [0.4, 0.5) is 0 Å². The van der Waals surface area contributed by atoms with Crippen LogP contribution in [0, 0.1) is 22.7 Å². The van der Waals surface area contributed by atoms with Crippen molar-refractivity contribution in [3.05, 3.63) is 71.8 Å². The zero-order valence-electron chi connectivity index (χ0n) is 30.5. The maximum absolute atomic E-state index is 12.8. The number of hydrogen-bond donors (Lipinski definition) is 0. The summed E-state index contributed by atoms with van der Waals surface area (Å²) in [6.07, 6.45) is -1.08. The lowest BCUT2D eigenvalue weighted by atomic mass is 9.77. The van der Waals surface area contributed by atoms with Gasteiger partial charge < -0.3 is 23.7 Å². The van der Waals surface area contributed by atoms with Crippen molar-refractivity contribution in [3.8, 4) is 0 Å². The Labute approximate surface area is 278 Å². The molecule has 0 aliphatic carbocycles. The van der Waals surface area contributed by atoms with E-state index in [1.54, 1.807) is 31.2 Å². The number of carbonyl (C=O) groups is 4. The second-order valence-corrected chi connectivity index (χ2v) is 12.6. The molecule has 3 unspecified atom stereocenters. The number of rotatable bonds is 13. The Bertz CT molecular complexity index is 1100. The number of methoxy groups -OCH3 is 1. The first-order valence-corrected chi connectivity index (χ1v) is 16.2. The molecule has 2 aromatic rings. The fourth-order valence-corrected chi connectivity index (χ4v) is 4.11. The summed E-state index contributed by atoms with van der Waals surface area (Å²) in [4.78, 5) is 48.6. The minimum atomic E-state index is -1.60. The van der Waals surface area contributed by atoms with E-state index in [2.05, 4.69) is 20.8 Å². The van der Waals surface area contributed by atoms with Gasteiger partial charge in [-0.1, -0.05) is 144 Å². The van der Waals surface area contributed by atoms with E-state index in [9.17, 15) is 19.2 Å². The lowest BCUT2D eigenvalue weighted by Crippen LogP contribution is -2.46. The van der Waals surface area contributed by atoms with Gasteiger partial charge in [-0.05, 0) is 28.9 Å². The topological polar surface area (TPSA) is 105 Å². The Morgan fingerprint density at radius 2 is 1.07 bits per heavy atom. The summed E-state index contributed by atoms with van der Waals surface area (Å²) >= 11 is 0. The molecule has 0 heterocycles. The summed E-state index contributed by atoms with van der Waals surface area (Å²) in [6.45, 7) is 23.8. The minimum Gasteiger partial charge on any atom is -0.459 e. The summed E-state index contributed by atoms with van der Waals surface area (Å²) in [7, 11) is 1.24. The molecule has 46 heavy (non-hydrogen) atoms. The van der Waals surface area contributed by atoms with Gasteiger partial charge in [-0.25, -0.2) is 9.59 Å². The summed E-state index contributed by atoms with van der Waals surface area (Å²) in [5.74, 6) is -2.85. The van der Waals surface area contributed by atoms with Crippen LogP contribution in [-0.4, -0.2) is 43.5 Å². The van der Waals surface area contributed by atoms with Crippen LogP contribution in [0.3, 0.4) is 0 Å². The van der Waals surface area contributed by atoms with Gasteiger partial charge in [-0.15, -0.1) is 0 Å². The molecule has 8 nitrogen and oxygen atoms in total. The summed E-state index contributed by atoms with van der Waals surface area (Å²) in [6, 6.07) is 18.1. The standard InChI is InChI=1S/C25H30O7.C9H18O.2C2H6/c1-17(2)18(3)23(26)32-22(25(28)31-16-20-13-9-6-10-14-20)21(29-4)24(27)30-15-19-11-7-5-8-12-19;1-8(2,3)6-9(4,5)7-10;2*1-2/h5-14,17-18,21-22H,15-16H2,1-4H3;7H,6H2,1-5H3;2*1-2H3. The average Bonchev–Trinajstić information content (AvgIpc) is 3.04. The molecular formula is C38H60O8. The highest BCUT2D eigenvalue weighted by molar-refractivity contribution is 5.88. The smallest absolute Gasteiger partial charge is 0.351 e. The number of benzene rings is 2. The average molecular weight is 645 g/mol. The van der Waals surface area contributed by atoms with Crippen molar-refractivity contribution >= 4 is 24.2 Å². The highest BCUT2D eigenvalue weighted by Crippen LogP contribution is 2.31. The van der Waals surface area contributed by atoms with Gasteiger partial charge in [0.1, 0.15) is 19.5 Å². The molecule has 260 valence electrons. The molecule has 2 aromatic carbocycles. The zero-order valence-corrected chi connectivity index (χ0v) is 30.5. The van der Waals surface area contributed by atoms with E-state index in [1.807, 2.05) is 91.8 Å². The molecule has 0 radical (unpaired) electrons. The Morgan fingerprint density at radius 3 is 1.37 bits per heavy atom. The van der Waals surface area contributed by atoms with Gasteiger partial charge in [-0.3, -0.25) is 4.79 Å². The number of carbonyl (C=O) groups excluding carboxylic acids is 4. The molecule has 0 N–H and O–H groups in total. The third kappa shape index (κ3) is 19.1. The van der Waals surface area contributed by atoms with Crippen molar-refractivity contribution in [1.82, 2.24) is 0 Å². The monoisotopic (exact) mass is 644 g/mol. The number of hydrogen-bond acceptors (Lipinski definition) is 8. The Hall–Kier alpha value is -3.52. The molecular weight excluding hydrogens is 584 g/mol. The predicted octanol–water partition coefficient (Wildman–Crippen LogP) is 8.39. The first kappa shape index (κ1) is 44.6. The summed E-state index contributed by atoms with van der Waals surface area (Å²) < 4.78 is 21.3. The van der Waals surface area contributed by atoms with Crippen molar-refractivity contribution in [2.45, 2.75) is 115 Å². The predicted molar refractivity (Wildman–Crippen MR) is 184 cm³/mol. The zero-order chi connectivity index (χ0) is 35.9. The van der Waals surface area contributed by atoms with Crippen molar-refractivity contribution in [2.24, 2.45) is 22.7 Å². The lowest BCUT2D eigenvalue weighted by molar-refractivity contribution is -0.189. The van der Waals surface area contributed by atoms with Crippen LogP contribution in [0.5, 0.6) is 0 Å². The molecule has 0 aromatic heterocycles. The molecule has 2 rings (SSSR count). The van der Waals surface area contributed by atoms with Gasteiger partial charge in [0.05, 0.1) is 5.92 Å². The van der Waals surface area contributed by atoms with Crippen LogP contribution in [0.25, 0.3) is 0 Å². The molecule has 0 saturated heterocycles. The highest BCUT2D eigenvalue weighted by Gasteiger charge is 2.41. The van der Waals surface area contributed by atoms with E-state index in [4.69, 9.17) is 18.9 Å². The van der Waals surface area contributed by atoms with Crippen LogP contribution >= 0.6 is 0 Å². The Morgan fingerprint density at radius 1 is 0.674 bits per heavy atom. The molecule has 0 amide bonds. The lowest BCUT2D eigenvalue weighted by Gasteiger charge is -2.27. The quantitative estimate of drug-likeness (QED) is 0.122. The van der Waals surface area contributed by atoms with Crippen LogP contribution < -0.4 is 0 Å². The van der Waals surface area contributed by atoms with Gasteiger partial charge in [0.25, 0.3) is 0 Å². The number of esters is 3. The molecule has 0 fully saturated rings. The van der Waals surface area contributed by atoms with Crippen LogP contribution in [0.1, 0.15) is 101 Å². The largest absolute Gasteiger partial charge is 0.459 e. The fraction of sp³-hybridized carbons (Fsp3) is 0.579. The van der Waals surface area contributed by atoms with E-state index in [0.717, 1.165) is 23.8 Å². The first-order chi connectivity index (χ1) is 21.6. The van der Waals surface area contributed by atoms with E-state index in [1.165, 1.54) is 7.11 Å². The first-order valence-electron chi connectivity index (χ1n) is 16.2. The molecule has 0 saturated carbocycles. The Kier molecular flexibility index (Phi) is 23.0. The van der Waals surface area contributed by atoms with Crippen LogP contribution in [0.15, 0.2) is 60.7 Å². The van der Waals surface area contributed by atoms with Crippen LogP contribution in [0.2, 0.25) is 0 Å². The van der Waals surface area contributed by atoms with Crippen molar-refractivity contribution in [3.63, 3.8) is 0 Å². The SMILES string of the molecule is CC.CC.CC(C)(C)CC(C)(C)C=O.COC(C(=O)OCc1ccccc1)C(OC(=O)C(C)C(C)C)C(=O)OCc1ccccc1. The van der Waals surface area contributed by atoms with Gasteiger partial charge in [0, 0.05) is 12.5 Å². The second kappa shape index (κ2) is 23.8.